The Hall–Kier alpha value is -1.20. The average Bonchev–Trinajstić information content (AvgIpc) is 2.34. The van der Waals surface area contributed by atoms with E-state index in [0.717, 1.165) is 44.2 Å². The number of anilines is 1. The second kappa shape index (κ2) is 8.01. The highest BCUT2D eigenvalue weighted by atomic mass is 16.5. The SMILES string of the molecule is CCc1cc(NCCNCCOC)ncn1. The van der Waals surface area contributed by atoms with Gasteiger partial charge in [0.05, 0.1) is 6.61 Å². The predicted molar refractivity (Wildman–Crippen MR) is 64.6 cm³/mol. The van der Waals surface area contributed by atoms with Crippen molar-refractivity contribution in [3.05, 3.63) is 18.1 Å². The van der Waals surface area contributed by atoms with Crippen LogP contribution in [0.3, 0.4) is 0 Å². The zero-order valence-corrected chi connectivity index (χ0v) is 9.99. The number of hydrogen-bond acceptors (Lipinski definition) is 5. The van der Waals surface area contributed by atoms with Gasteiger partial charge in [-0.1, -0.05) is 6.92 Å². The molecule has 0 aliphatic rings. The van der Waals surface area contributed by atoms with Crippen LogP contribution in [0.15, 0.2) is 12.4 Å². The minimum Gasteiger partial charge on any atom is -0.383 e. The molecule has 5 heteroatoms. The fourth-order valence-electron chi connectivity index (χ4n) is 1.27. The molecular formula is C11H20N4O. The Morgan fingerprint density at radius 2 is 2.12 bits per heavy atom. The van der Waals surface area contributed by atoms with E-state index in [9.17, 15) is 0 Å². The first-order chi connectivity index (χ1) is 7.86. The quantitative estimate of drug-likeness (QED) is 0.636. The Labute approximate surface area is 96.6 Å². The third kappa shape index (κ3) is 5.04. The number of nitrogens with zero attached hydrogens (tertiary/aromatic N) is 2. The van der Waals surface area contributed by atoms with Crippen molar-refractivity contribution in [2.45, 2.75) is 13.3 Å². The molecule has 1 aromatic heterocycles. The minimum absolute atomic E-state index is 0.744. The molecule has 5 nitrogen and oxygen atoms in total. The number of hydrogen-bond donors (Lipinski definition) is 2. The van der Waals surface area contributed by atoms with E-state index in [1.165, 1.54) is 0 Å². The number of methoxy groups -OCH3 is 1. The van der Waals surface area contributed by atoms with Crippen molar-refractivity contribution in [3.8, 4) is 0 Å². The van der Waals surface area contributed by atoms with Gasteiger partial charge in [-0.15, -0.1) is 0 Å². The molecule has 0 saturated heterocycles. The first-order valence-corrected chi connectivity index (χ1v) is 5.61. The maximum absolute atomic E-state index is 4.93. The standard InChI is InChI=1S/C11H20N4O/c1-3-10-8-11(15-9-14-10)13-5-4-12-6-7-16-2/h8-9,12H,3-7H2,1-2H3,(H,13,14,15). The Morgan fingerprint density at radius 1 is 1.25 bits per heavy atom. The molecular weight excluding hydrogens is 204 g/mol. The van der Waals surface area contributed by atoms with Gasteiger partial charge in [0.1, 0.15) is 12.1 Å². The van der Waals surface area contributed by atoms with Crippen molar-refractivity contribution in [3.63, 3.8) is 0 Å². The molecule has 0 bridgehead atoms. The predicted octanol–water partition coefficient (Wildman–Crippen LogP) is 0.687. The normalized spacial score (nSPS) is 10.4. The summed E-state index contributed by atoms with van der Waals surface area (Å²) in [4.78, 5) is 8.29. The topological polar surface area (TPSA) is 59.1 Å². The minimum atomic E-state index is 0.744. The summed E-state index contributed by atoms with van der Waals surface area (Å²) in [5, 5.41) is 6.50. The third-order valence-electron chi connectivity index (χ3n) is 2.18. The maximum Gasteiger partial charge on any atom is 0.129 e. The molecule has 0 saturated carbocycles. The van der Waals surface area contributed by atoms with Crippen LogP contribution < -0.4 is 10.6 Å². The van der Waals surface area contributed by atoms with Crippen LogP contribution in [0.25, 0.3) is 0 Å². The lowest BCUT2D eigenvalue weighted by Gasteiger charge is -2.07. The Bertz CT molecular complexity index is 293. The van der Waals surface area contributed by atoms with Gasteiger partial charge in [-0.25, -0.2) is 9.97 Å². The van der Waals surface area contributed by atoms with E-state index in [2.05, 4.69) is 27.5 Å². The molecule has 0 aliphatic carbocycles. The van der Waals surface area contributed by atoms with Crippen molar-refractivity contribution in [2.75, 3.05) is 38.7 Å². The largest absolute Gasteiger partial charge is 0.383 e. The van der Waals surface area contributed by atoms with Crippen molar-refractivity contribution in [2.24, 2.45) is 0 Å². The summed E-state index contributed by atoms with van der Waals surface area (Å²) in [7, 11) is 1.70. The summed E-state index contributed by atoms with van der Waals surface area (Å²) in [6, 6.07) is 1.98. The number of ether oxygens (including phenoxy) is 1. The molecule has 0 fully saturated rings. The molecule has 0 aliphatic heterocycles. The molecule has 0 amide bonds. The summed E-state index contributed by atoms with van der Waals surface area (Å²) < 4.78 is 4.93. The maximum atomic E-state index is 4.93. The van der Waals surface area contributed by atoms with E-state index in [0.29, 0.717) is 0 Å². The highest BCUT2D eigenvalue weighted by Gasteiger charge is 1.95. The lowest BCUT2D eigenvalue weighted by Crippen LogP contribution is -2.25. The molecule has 0 atom stereocenters. The summed E-state index contributed by atoms with van der Waals surface area (Å²) in [5.41, 5.74) is 1.06. The summed E-state index contributed by atoms with van der Waals surface area (Å²) in [6.45, 7) is 5.45. The van der Waals surface area contributed by atoms with Gasteiger partial charge in [0.15, 0.2) is 0 Å². The molecule has 90 valence electrons. The molecule has 0 unspecified atom stereocenters. The number of nitrogens with one attached hydrogen (secondary N) is 2. The van der Waals surface area contributed by atoms with Gasteiger partial charge in [-0.05, 0) is 6.42 Å². The molecule has 0 spiro atoms. The van der Waals surface area contributed by atoms with Gasteiger partial charge in [0, 0.05) is 38.5 Å². The van der Waals surface area contributed by atoms with Gasteiger partial charge in [-0.2, -0.15) is 0 Å². The van der Waals surface area contributed by atoms with Gasteiger partial charge < -0.3 is 15.4 Å². The van der Waals surface area contributed by atoms with Crippen LogP contribution in [0.2, 0.25) is 0 Å². The van der Waals surface area contributed by atoms with Crippen LogP contribution in [0, 0.1) is 0 Å². The first kappa shape index (κ1) is 12.9. The van der Waals surface area contributed by atoms with E-state index < -0.39 is 0 Å². The van der Waals surface area contributed by atoms with Gasteiger partial charge in [0.25, 0.3) is 0 Å². The molecule has 0 aromatic carbocycles. The van der Waals surface area contributed by atoms with Crippen LogP contribution in [-0.2, 0) is 11.2 Å². The van der Waals surface area contributed by atoms with Crippen LogP contribution in [0.4, 0.5) is 5.82 Å². The molecule has 1 rings (SSSR count). The van der Waals surface area contributed by atoms with Crippen molar-refractivity contribution in [1.29, 1.82) is 0 Å². The highest BCUT2D eigenvalue weighted by Crippen LogP contribution is 2.03. The van der Waals surface area contributed by atoms with Crippen LogP contribution in [0.5, 0.6) is 0 Å². The molecule has 1 heterocycles. The Morgan fingerprint density at radius 3 is 2.88 bits per heavy atom. The molecule has 2 N–H and O–H groups in total. The van der Waals surface area contributed by atoms with Crippen molar-refractivity contribution >= 4 is 5.82 Å². The number of aromatic nitrogens is 2. The lowest BCUT2D eigenvalue weighted by atomic mass is 10.3. The van der Waals surface area contributed by atoms with Gasteiger partial charge in [-0.3, -0.25) is 0 Å². The number of aryl methyl sites for hydroxylation is 1. The lowest BCUT2D eigenvalue weighted by molar-refractivity contribution is 0.200. The molecule has 16 heavy (non-hydrogen) atoms. The smallest absolute Gasteiger partial charge is 0.129 e. The highest BCUT2D eigenvalue weighted by molar-refractivity contribution is 5.34. The number of rotatable bonds is 8. The summed E-state index contributed by atoms with van der Waals surface area (Å²) >= 11 is 0. The third-order valence-corrected chi connectivity index (χ3v) is 2.18. The second-order valence-electron chi connectivity index (χ2n) is 3.42. The van der Waals surface area contributed by atoms with Crippen LogP contribution in [0.1, 0.15) is 12.6 Å². The zero-order chi connectivity index (χ0) is 11.6. The zero-order valence-electron chi connectivity index (χ0n) is 9.99. The monoisotopic (exact) mass is 224 g/mol. The molecule has 1 aromatic rings. The van der Waals surface area contributed by atoms with E-state index >= 15 is 0 Å². The summed E-state index contributed by atoms with van der Waals surface area (Å²) in [5.74, 6) is 0.889. The molecule has 0 radical (unpaired) electrons. The van der Waals surface area contributed by atoms with Crippen LogP contribution in [-0.4, -0.2) is 43.3 Å². The van der Waals surface area contributed by atoms with E-state index in [-0.39, 0.29) is 0 Å². The average molecular weight is 224 g/mol. The van der Waals surface area contributed by atoms with Gasteiger partial charge in [0.2, 0.25) is 0 Å². The Balaban J connectivity index is 2.16. The fraction of sp³-hybridized carbons (Fsp3) is 0.636. The van der Waals surface area contributed by atoms with Crippen LogP contribution >= 0.6 is 0 Å². The van der Waals surface area contributed by atoms with E-state index in [4.69, 9.17) is 4.74 Å². The Kier molecular flexibility index (Phi) is 6.44. The first-order valence-electron chi connectivity index (χ1n) is 5.61. The van der Waals surface area contributed by atoms with Gasteiger partial charge >= 0.3 is 0 Å². The summed E-state index contributed by atoms with van der Waals surface area (Å²) in [6.07, 6.45) is 2.53. The van der Waals surface area contributed by atoms with E-state index in [1.54, 1.807) is 13.4 Å². The van der Waals surface area contributed by atoms with E-state index in [1.807, 2.05) is 6.07 Å². The van der Waals surface area contributed by atoms with Crippen molar-refractivity contribution in [1.82, 2.24) is 15.3 Å². The fourth-order valence-corrected chi connectivity index (χ4v) is 1.27. The second-order valence-corrected chi connectivity index (χ2v) is 3.42. The van der Waals surface area contributed by atoms with Crippen molar-refractivity contribution < 1.29 is 4.74 Å².